The summed E-state index contributed by atoms with van der Waals surface area (Å²) in [5.41, 5.74) is 3.11. The van der Waals surface area contributed by atoms with Crippen LogP contribution in [0.1, 0.15) is 66.4 Å². The van der Waals surface area contributed by atoms with Crippen LogP contribution in [0.2, 0.25) is 0 Å². The van der Waals surface area contributed by atoms with Crippen molar-refractivity contribution in [1.29, 1.82) is 0 Å². The van der Waals surface area contributed by atoms with Crippen LogP contribution in [0.3, 0.4) is 0 Å². The number of aryl methyl sites for hydroxylation is 1. The van der Waals surface area contributed by atoms with Gasteiger partial charge >= 0.3 is 0 Å². The fourth-order valence-corrected chi connectivity index (χ4v) is 4.87. The first-order valence-corrected chi connectivity index (χ1v) is 12.6. The number of benzene rings is 2. The number of hydrogen-bond donors (Lipinski definition) is 1. The zero-order valence-electron chi connectivity index (χ0n) is 17.9. The number of amides is 1. The molecule has 2 aromatic carbocycles. The second-order valence-electron chi connectivity index (χ2n) is 8.26. The lowest BCUT2D eigenvalue weighted by Crippen LogP contribution is -2.35. The molecule has 0 bridgehead atoms. The largest absolute Gasteiger partial charge is 0.349 e. The van der Waals surface area contributed by atoms with Crippen molar-refractivity contribution < 1.29 is 13.2 Å². The molecule has 1 fully saturated rings. The smallest absolute Gasteiger partial charge is 0.251 e. The molecule has 0 heterocycles. The standard InChI is InChI=1S/C24H32N2O3S/c1-19-10-8-9-11-21(19)18-26(30(2,28)29)23-16-14-20(15-17-23)24(27)25-22-12-6-4-3-5-7-13-22/h8-11,14-17,22H,3-7,12-13,18H2,1-2H3,(H,25,27). The van der Waals surface area contributed by atoms with Crippen molar-refractivity contribution in [1.82, 2.24) is 5.32 Å². The summed E-state index contributed by atoms with van der Waals surface area (Å²) >= 11 is 0. The van der Waals surface area contributed by atoms with Gasteiger partial charge in [0.2, 0.25) is 10.0 Å². The van der Waals surface area contributed by atoms with Crippen molar-refractivity contribution in [2.75, 3.05) is 10.6 Å². The van der Waals surface area contributed by atoms with Gasteiger partial charge in [0.15, 0.2) is 0 Å². The zero-order chi connectivity index (χ0) is 21.6. The molecule has 0 atom stereocenters. The van der Waals surface area contributed by atoms with Crippen LogP contribution in [0.5, 0.6) is 0 Å². The van der Waals surface area contributed by atoms with Gasteiger partial charge in [0.05, 0.1) is 18.5 Å². The molecule has 1 N–H and O–H groups in total. The summed E-state index contributed by atoms with van der Waals surface area (Å²) in [6.45, 7) is 2.23. The van der Waals surface area contributed by atoms with E-state index in [0.717, 1.165) is 36.8 Å². The van der Waals surface area contributed by atoms with Crippen molar-refractivity contribution in [3.8, 4) is 0 Å². The number of nitrogens with zero attached hydrogens (tertiary/aromatic N) is 1. The van der Waals surface area contributed by atoms with Crippen molar-refractivity contribution in [2.24, 2.45) is 0 Å². The molecule has 5 nitrogen and oxygen atoms in total. The third-order valence-corrected chi connectivity index (χ3v) is 6.97. The highest BCUT2D eigenvalue weighted by Crippen LogP contribution is 2.23. The van der Waals surface area contributed by atoms with Gasteiger partial charge in [-0.05, 0) is 55.2 Å². The number of carbonyl (C=O) groups excluding carboxylic acids is 1. The van der Waals surface area contributed by atoms with E-state index in [-0.39, 0.29) is 18.5 Å². The number of rotatable bonds is 6. The van der Waals surface area contributed by atoms with E-state index in [0.29, 0.717) is 11.3 Å². The molecule has 30 heavy (non-hydrogen) atoms. The molecule has 0 radical (unpaired) electrons. The van der Waals surface area contributed by atoms with E-state index in [9.17, 15) is 13.2 Å². The molecule has 0 aliphatic heterocycles. The van der Waals surface area contributed by atoms with Crippen LogP contribution < -0.4 is 9.62 Å². The first kappa shape index (κ1) is 22.3. The van der Waals surface area contributed by atoms with E-state index in [2.05, 4.69) is 5.32 Å². The highest BCUT2D eigenvalue weighted by molar-refractivity contribution is 7.92. The Morgan fingerprint density at radius 3 is 2.17 bits per heavy atom. The van der Waals surface area contributed by atoms with Gasteiger partial charge in [0.25, 0.3) is 5.91 Å². The van der Waals surface area contributed by atoms with Crippen molar-refractivity contribution in [3.05, 3.63) is 65.2 Å². The summed E-state index contributed by atoms with van der Waals surface area (Å²) in [5.74, 6) is -0.0862. The number of hydrogen-bond acceptors (Lipinski definition) is 3. The summed E-state index contributed by atoms with van der Waals surface area (Å²) in [4.78, 5) is 12.7. The monoisotopic (exact) mass is 428 g/mol. The summed E-state index contributed by atoms with van der Waals surface area (Å²) in [6.07, 6.45) is 9.36. The van der Waals surface area contributed by atoms with Crippen molar-refractivity contribution in [2.45, 2.75) is 64.5 Å². The van der Waals surface area contributed by atoms with Gasteiger partial charge in [-0.1, -0.05) is 56.4 Å². The minimum absolute atomic E-state index is 0.0862. The molecule has 1 amide bonds. The van der Waals surface area contributed by atoms with Crippen LogP contribution in [0.25, 0.3) is 0 Å². The van der Waals surface area contributed by atoms with Gasteiger partial charge in [0.1, 0.15) is 0 Å². The Morgan fingerprint density at radius 2 is 1.57 bits per heavy atom. The highest BCUT2D eigenvalue weighted by Gasteiger charge is 2.20. The second kappa shape index (κ2) is 10.1. The molecule has 0 unspecified atom stereocenters. The third kappa shape index (κ3) is 6.08. The number of sulfonamides is 1. The normalized spacial score (nSPS) is 15.8. The molecular formula is C24H32N2O3S. The average molecular weight is 429 g/mol. The molecule has 1 aliphatic carbocycles. The lowest BCUT2D eigenvalue weighted by Gasteiger charge is -2.24. The Kier molecular flexibility index (Phi) is 7.53. The maximum absolute atomic E-state index is 12.7. The van der Waals surface area contributed by atoms with Gasteiger partial charge in [-0.2, -0.15) is 0 Å². The quantitative estimate of drug-likeness (QED) is 0.718. The predicted molar refractivity (Wildman–Crippen MR) is 122 cm³/mol. The lowest BCUT2D eigenvalue weighted by atomic mass is 9.96. The maximum Gasteiger partial charge on any atom is 0.251 e. The van der Waals surface area contributed by atoms with E-state index in [1.165, 1.54) is 29.8 Å². The van der Waals surface area contributed by atoms with Crippen molar-refractivity contribution in [3.63, 3.8) is 0 Å². The molecule has 1 aliphatic rings. The molecule has 1 saturated carbocycles. The Morgan fingerprint density at radius 1 is 0.967 bits per heavy atom. The number of anilines is 1. The summed E-state index contributed by atoms with van der Waals surface area (Å²) in [5, 5.41) is 3.16. The molecule has 6 heteroatoms. The van der Waals surface area contributed by atoms with Crippen LogP contribution in [0.4, 0.5) is 5.69 Å². The van der Waals surface area contributed by atoms with Crippen LogP contribution in [-0.2, 0) is 16.6 Å². The van der Waals surface area contributed by atoms with Crippen LogP contribution in [0, 0.1) is 6.92 Å². The van der Waals surface area contributed by atoms with E-state index in [1.54, 1.807) is 24.3 Å². The van der Waals surface area contributed by atoms with Crippen LogP contribution in [-0.4, -0.2) is 26.6 Å². The zero-order valence-corrected chi connectivity index (χ0v) is 18.7. The van der Waals surface area contributed by atoms with Gasteiger partial charge < -0.3 is 5.32 Å². The Balaban J connectivity index is 1.73. The fraction of sp³-hybridized carbons (Fsp3) is 0.458. The maximum atomic E-state index is 12.7. The van der Waals surface area contributed by atoms with Gasteiger partial charge in [0, 0.05) is 11.6 Å². The SMILES string of the molecule is Cc1ccccc1CN(c1ccc(C(=O)NC2CCCCCCC2)cc1)S(C)(=O)=O. The number of nitrogens with one attached hydrogen (secondary N) is 1. The van der Waals surface area contributed by atoms with Crippen LogP contribution in [0.15, 0.2) is 48.5 Å². The average Bonchev–Trinajstić information content (AvgIpc) is 2.68. The number of carbonyl (C=O) groups is 1. The first-order chi connectivity index (χ1) is 14.3. The van der Waals surface area contributed by atoms with E-state index < -0.39 is 10.0 Å². The van der Waals surface area contributed by atoms with E-state index in [1.807, 2.05) is 31.2 Å². The topological polar surface area (TPSA) is 66.5 Å². The minimum Gasteiger partial charge on any atom is -0.349 e. The fourth-order valence-electron chi connectivity index (χ4n) is 3.99. The van der Waals surface area contributed by atoms with Gasteiger partial charge in [-0.15, -0.1) is 0 Å². The molecule has 2 aromatic rings. The molecule has 0 saturated heterocycles. The lowest BCUT2D eigenvalue weighted by molar-refractivity contribution is 0.0930. The predicted octanol–water partition coefficient (Wildman–Crippen LogP) is 4.80. The molecule has 3 rings (SSSR count). The second-order valence-corrected chi connectivity index (χ2v) is 10.2. The minimum atomic E-state index is -3.46. The van der Waals surface area contributed by atoms with Gasteiger partial charge in [-0.3, -0.25) is 9.10 Å². The first-order valence-electron chi connectivity index (χ1n) is 10.8. The van der Waals surface area contributed by atoms with Crippen molar-refractivity contribution >= 4 is 21.6 Å². The summed E-state index contributed by atoms with van der Waals surface area (Å²) < 4.78 is 26.3. The molecule has 0 aromatic heterocycles. The summed E-state index contributed by atoms with van der Waals surface area (Å²) in [7, 11) is -3.46. The van der Waals surface area contributed by atoms with Gasteiger partial charge in [-0.25, -0.2) is 8.42 Å². The molecule has 162 valence electrons. The third-order valence-electron chi connectivity index (χ3n) is 5.83. The van der Waals surface area contributed by atoms with E-state index in [4.69, 9.17) is 0 Å². The summed E-state index contributed by atoms with van der Waals surface area (Å²) in [6, 6.07) is 14.8. The van der Waals surface area contributed by atoms with Crippen LogP contribution >= 0.6 is 0 Å². The molecular weight excluding hydrogens is 396 g/mol. The Labute approximate surface area is 180 Å². The van der Waals surface area contributed by atoms with E-state index >= 15 is 0 Å². The Hall–Kier alpha value is -2.34. The highest BCUT2D eigenvalue weighted by atomic mass is 32.2. The Bertz CT molecular complexity index is 947. The molecule has 0 spiro atoms.